The van der Waals surface area contributed by atoms with Gasteiger partial charge in [-0.2, -0.15) is 0 Å². The summed E-state index contributed by atoms with van der Waals surface area (Å²) in [7, 11) is 0. The molecule has 0 fully saturated rings. The van der Waals surface area contributed by atoms with Crippen molar-refractivity contribution in [3.8, 4) is 0 Å². The summed E-state index contributed by atoms with van der Waals surface area (Å²) in [6.45, 7) is 9.30. The molecule has 1 aliphatic heterocycles. The number of hydrogen-bond acceptors (Lipinski definition) is 2. The van der Waals surface area contributed by atoms with Gasteiger partial charge in [0.15, 0.2) is 0 Å². The minimum absolute atomic E-state index is 1.10. The SMILES string of the molecule is C/C=C(\C)C1=CSCCN1.CC. The normalized spacial score (nSPS) is 17.0. The van der Waals surface area contributed by atoms with Gasteiger partial charge in [0.1, 0.15) is 0 Å². The third-order valence-corrected chi connectivity index (χ3v) is 2.44. The fraction of sp³-hybridized carbons (Fsp3) is 0.600. The lowest BCUT2D eigenvalue weighted by molar-refractivity contribution is 0.864. The van der Waals surface area contributed by atoms with Crippen LogP contribution in [-0.2, 0) is 0 Å². The zero-order chi connectivity index (χ0) is 9.40. The summed E-state index contributed by atoms with van der Waals surface area (Å²) in [5.41, 5.74) is 2.63. The molecule has 12 heavy (non-hydrogen) atoms. The molecule has 0 unspecified atom stereocenters. The number of allylic oxidation sites excluding steroid dienone is 2. The zero-order valence-electron chi connectivity index (χ0n) is 8.48. The highest BCUT2D eigenvalue weighted by atomic mass is 32.2. The predicted molar refractivity (Wildman–Crippen MR) is 59.3 cm³/mol. The van der Waals surface area contributed by atoms with Gasteiger partial charge in [0.25, 0.3) is 0 Å². The molecule has 0 spiro atoms. The van der Waals surface area contributed by atoms with Crippen LogP contribution in [0.3, 0.4) is 0 Å². The quantitative estimate of drug-likeness (QED) is 0.673. The molecular formula is C10H19NS. The lowest BCUT2D eigenvalue weighted by atomic mass is 10.2. The third kappa shape index (κ3) is 3.86. The van der Waals surface area contributed by atoms with Crippen LogP contribution in [-0.4, -0.2) is 12.3 Å². The number of nitrogens with one attached hydrogen (secondary N) is 1. The van der Waals surface area contributed by atoms with Crippen molar-refractivity contribution in [2.24, 2.45) is 0 Å². The van der Waals surface area contributed by atoms with Gasteiger partial charge < -0.3 is 5.32 Å². The lowest BCUT2D eigenvalue weighted by Gasteiger charge is -2.14. The Labute approximate surface area is 80.3 Å². The molecule has 70 valence electrons. The van der Waals surface area contributed by atoms with Gasteiger partial charge in [0, 0.05) is 18.0 Å². The van der Waals surface area contributed by atoms with Gasteiger partial charge in [-0.3, -0.25) is 0 Å². The summed E-state index contributed by atoms with van der Waals surface area (Å²) in [5.74, 6) is 1.19. The van der Waals surface area contributed by atoms with Crippen LogP contribution < -0.4 is 5.32 Å². The molecule has 0 saturated heterocycles. The van der Waals surface area contributed by atoms with Crippen molar-refractivity contribution < 1.29 is 0 Å². The van der Waals surface area contributed by atoms with Gasteiger partial charge >= 0.3 is 0 Å². The molecule has 1 aliphatic rings. The molecule has 0 atom stereocenters. The van der Waals surface area contributed by atoms with E-state index in [1.165, 1.54) is 17.0 Å². The molecule has 0 saturated carbocycles. The lowest BCUT2D eigenvalue weighted by Crippen LogP contribution is -2.20. The standard InChI is InChI=1S/C8H13NS.C2H6/c1-3-7(2)8-6-10-5-4-9-8;1-2/h3,6,9H,4-5H2,1-2H3;1-2H3/b7-3+;. The summed E-state index contributed by atoms with van der Waals surface area (Å²) in [4.78, 5) is 0. The van der Waals surface area contributed by atoms with E-state index in [9.17, 15) is 0 Å². The Morgan fingerprint density at radius 3 is 2.67 bits per heavy atom. The van der Waals surface area contributed by atoms with Gasteiger partial charge in [-0.05, 0) is 24.8 Å². The van der Waals surface area contributed by atoms with E-state index in [4.69, 9.17) is 0 Å². The zero-order valence-corrected chi connectivity index (χ0v) is 9.29. The number of hydrogen-bond donors (Lipinski definition) is 1. The van der Waals surface area contributed by atoms with Gasteiger partial charge in [-0.15, -0.1) is 11.8 Å². The van der Waals surface area contributed by atoms with Gasteiger partial charge in [0.2, 0.25) is 0 Å². The Hall–Kier alpha value is -0.370. The minimum Gasteiger partial charge on any atom is -0.384 e. The molecule has 0 bridgehead atoms. The van der Waals surface area contributed by atoms with Crippen LogP contribution in [0.1, 0.15) is 27.7 Å². The van der Waals surface area contributed by atoms with Crippen molar-refractivity contribution in [1.82, 2.24) is 5.32 Å². The van der Waals surface area contributed by atoms with Crippen LogP contribution in [0.15, 0.2) is 22.8 Å². The highest BCUT2D eigenvalue weighted by Crippen LogP contribution is 2.15. The largest absolute Gasteiger partial charge is 0.384 e. The summed E-state index contributed by atoms with van der Waals surface area (Å²) in [6, 6.07) is 0. The summed E-state index contributed by atoms with van der Waals surface area (Å²) >= 11 is 1.88. The average Bonchev–Trinajstić information content (AvgIpc) is 2.21. The van der Waals surface area contributed by atoms with Crippen molar-refractivity contribution in [3.63, 3.8) is 0 Å². The molecule has 0 aromatic rings. The molecule has 1 nitrogen and oxygen atoms in total. The van der Waals surface area contributed by atoms with Crippen LogP contribution in [0.5, 0.6) is 0 Å². The van der Waals surface area contributed by atoms with E-state index in [2.05, 4.69) is 30.6 Å². The smallest absolute Gasteiger partial charge is 0.0430 e. The van der Waals surface area contributed by atoms with Crippen molar-refractivity contribution in [2.75, 3.05) is 12.3 Å². The fourth-order valence-electron chi connectivity index (χ4n) is 0.816. The monoisotopic (exact) mass is 185 g/mol. The first-order valence-electron chi connectivity index (χ1n) is 4.53. The summed E-state index contributed by atoms with van der Waals surface area (Å²) in [5, 5.41) is 5.54. The van der Waals surface area contributed by atoms with Crippen LogP contribution >= 0.6 is 11.8 Å². The fourth-order valence-corrected chi connectivity index (χ4v) is 1.59. The molecule has 0 aromatic carbocycles. The van der Waals surface area contributed by atoms with Crippen LogP contribution in [0, 0.1) is 0 Å². The number of thioether (sulfide) groups is 1. The molecule has 1 rings (SSSR count). The van der Waals surface area contributed by atoms with Crippen molar-refractivity contribution in [3.05, 3.63) is 22.8 Å². The summed E-state index contributed by atoms with van der Waals surface area (Å²) in [6.07, 6.45) is 2.13. The topological polar surface area (TPSA) is 12.0 Å². The number of rotatable bonds is 1. The maximum Gasteiger partial charge on any atom is 0.0430 e. The van der Waals surface area contributed by atoms with Crippen molar-refractivity contribution in [1.29, 1.82) is 0 Å². The first kappa shape index (κ1) is 11.6. The Morgan fingerprint density at radius 2 is 2.25 bits per heavy atom. The molecule has 1 heterocycles. The molecule has 0 radical (unpaired) electrons. The summed E-state index contributed by atoms with van der Waals surface area (Å²) < 4.78 is 0. The van der Waals surface area contributed by atoms with E-state index in [-0.39, 0.29) is 0 Å². The Morgan fingerprint density at radius 1 is 1.58 bits per heavy atom. The van der Waals surface area contributed by atoms with Gasteiger partial charge in [-0.25, -0.2) is 0 Å². The molecule has 0 aromatic heterocycles. The van der Waals surface area contributed by atoms with Crippen LogP contribution in [0.2, 0.25) is 0 Å². The minimum atomic E-state index is 1.10. The van der Waals surface area contributed by atoms with Crippen LogP contribution in [0.4, 0.5) is 0 Å². The van der Waals surface area contributed by atoms with E-state index < -0.39 is 0 Å². The predicted octanol–water partition coefficient (Wildman–Crippen LogP) is 3.16. The van der Waals surface area contributed by atoms with Crippen molar-refractivity contribution in [2.45, 2.75) is 27.7 Å². The first-order valence-corrected chi connectivity index (χ1v) is 5.58. The van der Waals surface area contributed by atoms with E-state index in [0.29, 0.717) is 0 Å². The Balaban J connectivity index is 0.000000561. The second-order valence-electron chi connectivity index (χ2n) is 2.30. The Bertz CT molecular complexity index is 171. The Kier molecular flexibility index (Phi) is 7.06. The second kappa shape index (κ2) is 7.29. The van der Waals surface area contributed by atoms with Crippen LogP contribution in [0.25, 0.3) is 0 Å². The van der Waals surface area contributed by atoms with E-state index in [1.807, 2.05) is 25.6 Å². The molecule has 0 amide bonds. The van der Waals surface area contributed by atoms with Gasteiger partial charge in [-0.1, -0.05) is 19.9 Å². The van der Waals surface area contributed by atoms with Gasteiger partial charge in [0.05, 0.1) is 0 Å². The average molecular weight is 185 g/mol. The highest BCUT2D eigenvalue weighted by Gasteiger charge is 2.01. The van der Waals surface area contributed by atoms with Crippen molar-refractivity contribution >= 4 is 11.8 Å². The first-order chi connectivity index (χ1) is 5.84. The third-order valence-electron chi connectivity index (χ3n) is 1.59. The van der Waals surface area contributed by atoms with E-state index in [1.54, 1.807) is 0 Å². The highest BCUT2D eigenvalue weighted by molar-refractivity contribution is 8.02. The molecule has 0 aliphatic carbocycles. The maximum absolute atomic E-state index is 3.34. The maximum atomic E-state index is 3.34. The second-order valence-corrected chi connectivity index (χ2v) is 3.28. The molecular weight excluding hydrogens is 166 g/mol. The molecule has 2 heteroatoms. The van der Waals surface area contributed by atoms with E-state index in [0.717, 1.165) is 6.54 Å². The molecule has 1 N–H and O–H groups in total. The van der Waals surface area contributed by atoms with E-state index >= 15 is 0 Å².